The van der Waals surface area contributed by atoms with Crippen molar-refractivity contribution in [2.75, 3.05) is 7.11 Å². The van der Waals surface area contributed by atoms with E-state index in [-0.39, 0.29) is 5.56 Å². The summed E-state index contributed by atoms with van der Waals surface area (Å²) in [7, 11) is 1.54. The molecule has 0 heterocycles. The average Bonchev–Trinajstić information content (AvgIpc) is 2.37. The topological polar surface area (TPSA) is 9.23 Å². The Morgan fingerprint density at radius 2 is 1.70 bits per heavy atom. The van der Waals surface area contributed by atoms with E-state index in [4.69, 9.17) is 16.3 Å². The van der Waals surface area contributed by atoms with Gasteiger partial charge in [0.05, 0.1) is 12.5 Å². The van der Waals surface area contributed by atoms with Crippen LogP contribution in [-0.2, 0) is 0 Å². The van der Waals surface area contributed by atoms with Crippen molar-refractivity contribution in [3.8, 4) is 5.75 Å². The Bertz CT molecular complexity index is 626. The van der Waals surface area contributed by atoms with E-state index < -0.39 is 17.0 Å². The van der Waals surface area contributed by atoms with Crippen LogP contribution in [0.2, 0.25) is 0 Å². The van der Waals surface area contributed by atoms with E-state index in [2.05, 4.69) is 31.9 Å². The van der Waals surface area contributed by atoms with Crippen molar-refractivity contribution >= 4 is 43.5 Å². The largest absolute Gasteiger partial charge is 0.497 e. The van der Waals surface area contributed by atoms with Gasteiger partial charge in [-0.25, -0.2) is 8.78 Å². The van der Waals surface area contributed by atoms with Gasteiger partial charge in [-0.1, -0.05) is 37.9 Å². The first-order valence-electron chi connectivity index (χ1n) is 5.56. The van der Waals surface area contributed by atoms with Crippen LogP contribution in [0.1, 0.15) is 16.5 Å². The van der Waals surface area contributed by atoms with Crippen LogP contribution in [0.5, 0.6) is 5.75 Å². The highest BCUT2D eigenvalue weighted by atomic mass is 79.9. The maximum absolute atomic E-state index is 13.9. The third-order valence-corrected chi connectivity index (χ3v) is 4.38. The van der Waals surface area contributed by atoms with E-state index in [0.717, 1.165) is 0 Å². The summed E-state index contributed by atoms with van der Waals surface area (Å²) in [5, 5.41) is -0.941. The molecule has 2 aromatic carbocycles. The Kier molecular flexibility index (Phi) is 5.04. The van der Waals surface area contributed by atoms with E-state index in [1.165, 1.54) is 19.2 Å². The van der Waals surface area contributed by atoms with Crippen molar-refractivity contribution in [3.63, 3.8) is 0 Å². The van der Waals surface area contributed by atoms with Gasteiger partial charge in [-0.3, -0.25) is 0 Å². The van der Waals surface area contributed by atoms with Crippen molar-refractivity contribution < 1.29 is 13.5 Å². The Morgan fingerprint density at radius 1 is 1.10 bits per heavy atom. The number of hydrogen-bond acceptors (Lipinski definition) is 1. The monoisotopic (exact) mass is 424 g/mol. The summed E-state index contributed by atoms with van der Waals surface area (Å²) < 4.78 is 33.9. The predicted molar refractivity (Wildman–Crippen MR) is 82.4 cm³/mol. The molecule has 0 N–H and O–H groups in total. The number of benzene rings is 2. The second-order valence-corrected chi connectivity index (χ2v) is 6.24. The summed E-state index contributed by atoms with van der Waals surface area (Å²) in [6.07, 6.45) is 0. The molecule has 1 atom stereocenters. The number of alkyl halides is 1. The van der Waals surface area contributed by atoms with Gasteiger partial charge in [0, 0.05) is 14.5 Å². The Hall–Kier alpha value is -0.650. The molecule has 0 fully saturated rings. The van der Waals surface area contributed by atoms with Gasteiger partial charge in [0.1, 0.15) is 17.4 Å². The fourth-order valence-electron chi connectivity index (χ4n) is 1.79. The van der Waals surface area contributed by atoms with E-state index in [1.54, 1.807) is 18.2 Å². The standard InChI is InChI=1S/C14H9Br2ClF2O/c1-20-8-2-3-9(10(16)6-8)14(17)13-11(18)4-7(15)5-12(13)19/h2-6,14H,1H3. The van der Waals surface area contributed by atoms with Crippen molar-refractivity contribution in [1.82, 2.24) is 0 Å². The minimum Gasteiger partial charge on any atom is -0.497 e. The zero-order valence-corrected chi connectivity index (χ0v) is 14.2. The van der Waals surface area contributed by atoms with Crippen molar-refractivity contribution in [1.29, 1.82) is 0 Å². The molecule has 0 aliphatic heterocycles. The smallest absolute Gasteiger partial charge is 0.132 e. The minimum absolute atomic E-state index is 0.180. The molecular formula is C14H9Br2ClF2O. The first-order valence-corrected chi connectivity index (χ1v) is 7.58. The zero-order chi connectivity index (χ0) is 14.9. The number of rotatable bonds is 3. The molecule has 1 unspecified atom stereocenters. The van der Waals surface area contributed by atoms with E-state index >= 15 is 0 Å². The summed E-state index contributed by atoms with van der Waals surface area (Å²) in [5.74, 6) is -0.763. The lowest BCUT2D eigenvalue weighted by Gasteiger charge is -2.15. The molecule has 0 radical (unpaired) electrons. The molecule has 0 amide bonds. The average molecular weight is 426 g/mol. The van der Waals surface area contributed by atoms with Crippen LogP contribution in [0.3, 0.4) is 0 Å². The van der Waals surface area contributed by atoms with E-state index in [0.29, 0.717) is 20.3 Å². The van der Waals surface area contributed by atoms with Crippen LogP contribution < -0.4 is 4.74 Å². The van der Waals surface area contributed by atoms with Gasteiger partial charge < -0.3 is 4.74 Å². The van der Waals surface area contributed by atoms with Crippen LogP contribution in [0.25, 0.3) is 0 Å². The molecule has 2 rings (SSSR count). The van der Waals surface area contributed by atoms with Crippen LogP contribution in [0.15, 0.2) is 39.3 Å². The predicted octanol–water partition coefficient (Wildman–Crippen LogP) is 5.83. The molecule has 0 spiro atoms. The van der Waals surface area contributed by atoms with E-state index in [9.17, 15) is 8.78 Å². The molecule has 0 aromatic heterocycles. The van der Waals surface area contributed by atoms with Crippen LogP contribution in [0, 0.1) is 11.6 Å². The molecular weight excluding hydrogens is 417 g/mol. The molecule has 106 valence electrons. The lowest BCUT2D eigenvalue weighted by atomic mass is 10.0. The van der Waals surface area contributed by atoms with Gasteiger partial charge >= 0.3 is 0 Å². The van der Waals surface area contributed by atoms with Crippen molar-refractivity contribution in [2.45, 2.75) is 5.38 Å². The fourth-order valence-corrected chi connectivity index (χ4v) is 3.31. The Morgan fingerprint density at radius 3 is 2.20 bits per heavy atom. The van der Waals surface area contributed by atoms with Crippen molar-refractivity contribution in [3.05, 3.63) is 62.0 Å². The van der Waals surface area contributed by atoms with Crippen LogP contribution in [-0.4, -0.2) is 7.11 Å². The fraction of sp³-hybridized carbons (Fsp3) is 0.143. The Labute approximate surface area is 137 Å². The molecule has 0 saturated heterocycles. The SMILES string of the molecule is COc1ccc(C(Cl)c2c(F)cc(Br)cc2F)c(Br)c1. The van der Waals surface area contributed by atoms with Crippen LogP contribution >= 0.6 is 43.5 Å². The summed E-state index contributed by atoms with van der Waals surface area (Å²) in [6.45, 7) is 0. The number of methoxy groups -OCH3 is 1. The summed E-state index contributed by atoms with van der Waals surface area (Å²) in [5.41, 5.74) is 0.383. The third-order valence-electron chi connectivity index (χ3n) is 2.78. The lowest BCUT2D eigenvalue weighted by molar-refractivity contribution is 0.414. The summed E-state index contributed by atoms with van der Waals surface area (Å²) >= 11 is 12.6. The summed E-state index contributed by atoms with van der Waals surface area (Å²) in [4.78, 5) is 0. The van der Waals surface area contributed by atoms with Gasteiger partial charge in [0.25, 0.3) is 0 Å². The molecule has 0 bridgehead atoms. The molecule has 1 nitrogen and oxygen atoms in total. The molecule has 0 aliphatic rings. The maximum atomic E-state index is 13.9. The second-order valence-electron chi connectivity index (χ2n) is 4.03. The van der Waals surface area contributed by atoms with Gasteiger partial charge in [-0.15, -0.1) is 11.6 Å². The van der Waals surface area contributed by atoms with Gasteiger partial charge in [0.2, 0.25) is 0 Å². The number of halogens is 5. The molecule has 2 aromatic rings. The number of ether oxygens (including phenoxy) is 1. The van der Waals surface area contributed by atoms with Crippen LogP contribution in [0.4, 0.5) is 8.78 Å². The molecule has 0 saturated carbocycles. The highest BCUT2D eigenvalue weighted by Gasteiger charge is 2.22. The Balaban J connectivity index is 2.49. The zero-order valence-electron chi connectivity index (χ0n) is 10.3. The quantitative estimate of drug-likeness (QED) is 0.562. The number of hydrogen-bond donors (Lipinski definition) is 0. The van der Waals surface area contributed by atoms with Crippen molar-refractivity contribution in [2.24, 2.45) is 0 Å². The highest BCUT2D eigenvalue weighted by Crippen LogP contribution is 2.38. The van der Waals surface area contributed by atoms with Gasteiger partial charge in [-0.2, -0.15) is 0 Å². The second kappa shape index (κ2) is 6.41. The highest BCUT2D eigenvalue weighted by molar-refractivity contribution is 9.10. The lowest BCUT2D eigenvalue weighted by Crippen LogP contribution is -2.02. The first kappa shape index (κ1) is 15.7. The van der Waals surface area contributed by atoms with Gasteiger partial charge in [-0.05, 0) is 29.8 Å². The molecule has 20 heavy (non-hydrogen) atoms. The first-order chi connectivity index (χ1) is 9.43. The summed E-state index contributed by atoms with van der Waals surface area (Å²) in [6, 6.07) is 7.42. The molecule has 6 heteroatoms. The maximum Gasteiger partial charge on any atom is 0.132 e. The van der Waals surface area contributed by atoms with Gasteiger partial charge in [0.15, 0.2) is 0 Å². The normalized spacial score (nSPS) is 12.3. The van der Waals surface area contributed by atoms with E-state index in [1.807, 2.05) is 0 Å². The molecule has 0 aliphatic carbocycles. The third kappa shape index (κ3) is 3.15. The minimum atomic E-state index is -0.941.